The molecule has 3 rings (SSSR count). The molecular formula is C15H20N2O3. The Bertz CT molecular complexity index is 526. The molecule has 5 nitrogen and oxygen atoms in total. The minimum atomic E-state index is -0.705. The third-order valence-electron chi connectivity index (χ3n) is 4.41. The second kappa shape index (κ2) is 4.98. The van der Waals surface area contributed by atoms with Crippen LogP contribution >= 0.6 is 0 Å². The van der Waals surface area contributed by atoms with E-state index in [2.05, 4.69) is 10.6 Å². The first kappa shape index (κ1) is 13.2. The molecule has 20 heavy (non-hydrogen) atoms. The first-order valence-electron chi connectivity index (χ1n) is 7.15. The number of phenolic OH excluding ortho intramolecular Hbond substituents is 1. The van der Waals surface area contributed by atoms with Crippen molar-refractivity contribution in [3.63, 3.8) is 0 Å². The Morgan fingerprint density at radius 2 is 2.20 bits per heavy atom. The number of benzene rings is 1. The molecule has 0 saturated heterocycles. The fourth-order valence-corrected chi connectivity index (χ4v) is 3.00. The van der Waals surface area contributed by atoms with Crippen LogP contribution in [0.3, 0.4) is 0 Å². The van der Waals surface area contributed by atoms with Crippen LogP contribution < -0.4 is 10.6 Å². The van der Waals surface area contributed by atoms with Crippen molar-refractivity contribution in [3.8, 4) is 5.75 Å². The number of urea groups is 1. The Kier molecular flexibility index (Phi) is 3.30. The molecule has 1 saturated carbocycles. The van der Waals surface area contributed by atoms with Gasteiger partial charge in [0.15, 0.2) is 0 Å². The highest BCUT2D eigenvalue weighted by atomic mass is 16.3. The Labute approximate surface area is 118 Å². The molecule has 0 bridgehead atoms. The predicted molar refractivity (Wildman–Crippen MR) is 74.5 cm³/mol. The number of nitrogens with one attached hydrogen (secondary N) is 2. The summed E-state index contributed by atoms with van der Waals surface area (Å²) in [6.07, 6.45) is 4.11. The molecule has 0 aliphatic heterocycles. The molecule has 1 aromatic rings. The summed E-state index contributed by atoms with van der Waals surface area (Å²) in [5.74, 6) is 0.302. The Morgan fingerprint density at radius 1 is 1.40 bits per heavy atom. The van der Waals surface area contributed by atoms with Gasteiger partial charge in [0, 0.05) is 6.54 Å². The summed E-state index contributed by atoms with van der Waals surface area (Å²) in [5.41, 5.74) is 1.21. The predicted octanol–water partition coefficient (Wildman–Crippen LogP) is 1.59. The van der Waals surface area contributed by atoms with Gasteiger partial charge in [-0.2, -0.15) is 0 Å². The van der Waals surface area contributed by atoms with E-state index in [9.17, 15) is 15.0 Å². The first-order chi connectivity index (χ1) is 9.57. The fourth-order valence-electron chi connectivity index (χ4n) is 3.00. The molecule has 108 valence electrons. The van der Waals surface area contributed by atoms with Crippen LogP contribution in [0.5, 0.6) is 5.75 Å². The normalized spacial score (nSPS) is 22.8. The lowest BCUT2D eigenvalue weighted by Gasteiger charge is -2.36. The molecule has 0 aromatic heterocycles. The van der Waals surface area contributed by atoms with Gasteiger partial charge in [0.1, 0.15) is 5.75 Å². The molecule has 4 N–H and O–H groups in total. The van der Waals surface area contributed by atoms with E-state index in [4.69, 9.17) is 0 Å². The van der Waals surface area contributed by atoms with Crippen molar-refractivity contribution in [3.05, 3.63) is 29.3 Å². The maximum Gasteiger partial charge on any atom is 0.315 e. The molecule has 5 heteroatoms. The number of aliphatic hydroxyl groups is 1. The minimum Gasteiger partial charge on any atom is -0.508 e. The van der Waals surface area contributed by atoms with Crippen molar-refractivity contribution in [2.75, 3.05) is 6.54 Å². The van der Waals surface area contributed by atoms with Crippen LogP contribution in [0, 0.1) is 0 Å². The molecule has 0 spiro atoms. The van der Waals surface area contributed by atoms with Crippen LogP contribution in [0.2, 0.25) is 0 Å². The molecule has 0 radical (unpaired) electrons. The van der Waals surface area contributed by atoms with Gasteiger partial charge in [0.25, 0.3) is 0 Å². The summed E-state index contributed by atoms with van der Waals surface area (Å²) in [7, 11) is 0. The number of amides is 2. The van der Waals surface area contributed by atoms with Crippen LogP contribution in [0.4, 0.5) is 4.79 Å². The quantitative estimate of drug-likeness (QED) is 0.677. The van der Waals surface area contributed by atoms with Crippen LogP contribution in [0.15, 0.2) is 18.2 Å². The second-order valence-electron chi connectivity index (χ2n) is 5.84. The smallest absolute Gasteiger partial charge is 0.315 e. The molecule has 1 fully saturated rings. The lowest BCUT2D eigenvalue weighted by molar-refractivity contribution is -0.0290. The van der Waals surface area contributed by atoms with E-state index in [0.29, 0.717) is 12.3 Å². The molecule has 0 heterocycles. The van der Waals surface area contributed by atoms with E-state index in [1.165, 1.54) is 0 Å². The van der Waals surface area contributed by atoms with Gasteiger partial charge in [-0.3, -0.25) is 0 Å². The highest BCUT2D eigenvalue weighted by molar-refractivity contribution is 5.74. The Hall–Kier alpha value is -1.75. The summed E-state index contributed by atoms with van der Waals surface area (Å²) in [4.78, 5) is 11.9. The lowest BCUT2D eigenvalue weighted by atomic mass is 9.80. The van der Waals surface area contributed by atoms with Crippen molar-refractivity contribution < 1.29 is 15.0 Å². The molecular weight excluding hydrogens is 256 g/mol. The van der Waals surface area contributed by atoms with Gasteiger partial charge in [-0.1, -0.05) is 12.1 Å². The monoisotopic (exact) mass is 276 g/mol. The summed E-state index contributed by atoms with van der Waals surface area (Å²) in [5, 5.41) is 25.4. The maximum absolute atomic E-state index is 11.9. The van der Waals surface area contributed by atoms with E-state index in [1.807, 2.05) is 6.07 Å². The maximum atomic E-state index is 11.9. The third kappa shape index (κ3) is 2.45. The number of hydrogen-bond donors (Lipinski definition) is 4. The number of hydrogen-bond acceptors (Lipinski definition) is 3. The number of rotatable bonds is 3. The average Bonchev–Trinajstić information content (AvgIpc) is 2.79. The van der Waals surface area contributed by atoms with E-state index in [-0.39, 0.29) is 12.1 Å². The Balaban J connectivity index is 1.57. The SMILES string of the molecule is O=C(NCC1(O)CCC1)NC1CCc2c(O)cccc21. The largest absolute Gasteiger partial charge is 0.508 e. The van der Waals surface area contributed by atoms with E-state index >= 15 is 0 Å². The Morgan fingerprint density at radius 3 is 2.90 bits per heavy atom. The molecule has 1 atom stereocenters. The second-order valence-corrected chi connectivity index (χ2v) is 5.84. The molecule has 1 unspecified atom stereocenters. The summed E-state index contributed by atoms with van der Waals surface area (Å²) in [6.45, 7) is 0.304. The van der Waals surface area contributed by atoms with Gasteiger partial charge in [-0.15, -0.1) is 0 Å². The van der Waals surface area contributed by atoms with Gasteiger partial charge < -0.3 is 20.8 Å². The van der Waals surface area contributed by atoms with Crippen molar-refractivity contribution in [2.24, 2.45) is 0 Å². The van der Waals surface area contributed by atoms with Gasteiger partial charge in [0.2, 0.25) is 0 Å². The van der Waals surface area contributed by atoms with Crippen molar-refractivity contribution in [1.29, 1.82) is 0 Å². The first-order valence-corrected chi connectivity index (χ1v) is 7.15. The lowest BCUT2D eigenvalue weighted by Crippen LogP contribution is -2.50. The topological polar surface area (TPSA) is 81.6 Å². The van der Waals surface area contributed by atoms with Crippen LogP contribution in [-0.4, -0.2) is 28.4 Å². The van der Waals surface area contributed by atoms with Crippen LogP contribution in [0.1, 0.15) is 42.9 Å². The van der Waals surface area contributed by atoms with E-state index in [0.717, 1.165) is 43.2 Å². The third-order valence-corrected chi connectivity index (χ3v) is 4.41. The fraction of sp³-hybridized carbons (Fsp3) is 0.533. The van der Waals surface area contributed by atoms with Gasteiger partial charge in [-0.05, 0) is 49.3 Å². The van der Waals surface area contributed by atoms with E-state index < -0.39 is 5.60 Å². The molecule has 2 aliphatic carbocycles. The summed E-state index contributed by atoms with van der Waals surface area (Å²) in [6, 6.07) is 5.09. The standard InChI is InChI=1S/C15H20N2O3/c18-13-4-1-3-10-11(13)5-6-12(10)17-14(19)16-9-15(20)7-2-8-15/h1,3-4,12,18,20H,2,5-9H2,(H2,16,17,19). The number of carbonyl (C=O) groups is 1. The number of carbonyl (C=O) groups excluding carboxylic acids is 1. The zero-order chi connectivity index (χ0) is 14.2. The zero-order valence-corrected chi connectivity index (χ0v) is 11.4. The van der Waals surface area contributed by atoms with Crippen molar-refractivity contribution >= 4 is 6.03 Å². The van der Waals surface area contributed by atoms with Crippen molar-refractivity contribution in [2.45, 2.75) is 43.7 Å². The van der Waals surface area contributed by atoms with Gasteiger partial charge in [-0.25, -0.2) is 4.79 Å². The number of fused-ring (bicyclic) bond motifs is 1. The van der Waals surface area contributed by atoms with Crippen LogP contribution in [-0.2, 0) is 6.42 Å². The highest BCUT2D eigenvalue weighted by Gasteiger charge is 2.35. The van der Waals surface area contributed by atoms with Gasteiger partial charge >= 0.3 is 6.03 Å². The van der Waals surface area contributed by atoms with Crippen molar-refractivity contribution in [1.82, 2.24) is 10.6 Å². The number of aromatic hydroxyl groups is 1. The molecule has 1 aromatic carbocycles. The minimum absolute atomic E-state index is 0.0619. The van der Waals surface area contributed by atoms with Crippen LogP contribution in [0.25, 0.3) is 0 Å². The molecule has 2 aliphatic rings. The van der Waals surface area contributed by atoms with Gasteiger partial charge in [0.05, 0.1) is 11.6 Å². The van der Waals surface area contributed by atoms with E-state index in [1.54, 1.807) is 12.1 Å². The molecule has 2 amide bonds. The average molecular weight is 276 g/mol. The summed E-state index contributed by atoms with van der Waals surface area (Å²) >= 11 is 0. The highest BCUT2D eigenvalue weighted by Crippen LogP contribution is 2.36. The number of phenols is 1. The summed E-state index contributed by atoms with van der Waals surface area (Å²) < 4.78 is 0. The zero-order valence-electron chi connectivity index (χ0n) is 11.4.